The first-order valence-corrected chi connectivity index (χ1v) is 9.11. The zero-order valence-corrected chi connectivity index (χ0v) is 15.7. The highest BCUT2D eigenvalue weighted by molar-refractivity contribution is 5.94. The van der Waals surface area contributed by atoms with Crippen LogP contribution in [-0.4, -0.2) is 39.9 Å². The Balaban J connectivity index is 1.51. The van der Waals surface area contributed by atoms with Crippen molar-refractivity contribution in [2.45, 2.75) is 39.3 Å². The van der Waals surface area contributed by atoms with E-state index in [4.69, 9.17) is 0 Å². The summed E-state index contributed by atoms with van der Waals surface area (Å²) in [6, 6.07) is 11.7. The molecule has 1 aromatic carbocycles. The zero-order chi connectivity index (χ0) is 18.7. The van der Waals surface area contributed by atoms with Crippen molar-refractivity contribution in [3.8, 4) is 0 Å². The molecule has 0 radical (unpaired) electrons. The fraction of sp³-hybridized carbons (Fsp3) is 0.429. The first-order valence-electron chi connectivity index (χ1n) is 9.11. The van der Waals surface area contributed by atoms with Crippen molar-refractivity contribution < 1.29 is 9.59 Å². The fourth-order valence-electron chi connectivity index (χ4n) is 3.35. The van der Waals surface area contributed by atoms with Gasteiger partial charge in [-0.15, -0.1) is 0 Å². The number of amides is 2. The average molecular weight is 353 g/mol. The summed E-state index contributed by atoms with van der Waals surface area (Å²) in [7, 11) is 0. The minimum atomic E-state index is -0.161. The zero-order valence-electron chi connectivity index (χ0n) is 15.7. The number of carbonyl (C=O) groups is 2. The molecule has 5 nitrogen and oxygen atoms in total. The largest absolute Gasteiger partial charge is 0.352 e. The number of nitrogens with one attached hydrogen (secondary N) is 1. The van der Waals surface area contributed by atoms with Gasteiger partial charge in [0.25, 0.3) is 5.91 Å². The van der Waals surface area contributed by atoms with E-state index in [0.717, 1.165) is 12.1 Å². The smallest absolute Gasteiger partial charge is 0.251 e. The molecular formula is C21H27N3O2. The molecule has 5 heteroatoms. The van der Waals surface area contributed by atoms with E-state index in [-0.39, 0.29) is 23.3 Å². The van der Waals surface area contributed by atoms with Crippen LogP contribution in [0.3, 0.4) is 0 Å². The van der Waals surface area contributed by atoms with Gasteiger partial charge in [0, 0.05) is 55.5 Å². The topological polar surface area (TPSA) is 54.3 Å². The summed E-state index contributed by atoms with van der Waals surface area (Å²) in [6.07, 6.45) is 4.54. The molecule has 0 spiro atoms. The highest BCUT2D eigenvalue weighted by Gasteiger charge is 2.36. The number of likely N-dealkylation sites (tertiary alicyclic amines) is 1. The van der Waals surface area contributed by atoms with Crippen molar-refractivity contribution in [2.75, 3.05) is 13.1 Å². The second-order valence-electron chi connectivity index (χ2n) is 8.01. The predicted molar refractivity (Wildman–Crippen MR) is 102 cm³/mol. The first-order chi connectivity index (χ1) is 12.3. The second kappa shape index (κ2) is 7.36. The molecule has 1 aliphatic heterocycles. The summed E-state index contributed by atoms with van der Waals surface area (Å²) in [4.78, 5) is 26.4. The monoisotopic (exact) mass is 353 g/mol. The van der Waals surface area contributed by atoms with E-state index in [1.54, 1.807) is 0 Å². The molecular weight excluding hydrogens is 326 g/mol. The quantitative estimate of drug-likeness (QED) is 0.899. The molecule has 138 valence electrons. The lowest BCUT2D eigenvalue weighted by Crippen LogP contribution is -2.42. The van der Waals surface area contributed by atoms with Crippen molar-refractivity contribution in [1.82, 2.24) is 14.8 Å². The molecule has 1 aromatic heterocycles. The lowest BCUT2D eigenvalue weighted by molar-refractivity contribution is -0.131. The molecule has 1 saturated heterocycles. The Labute approximate surface area is 155 Å². The minimum Gasteiger partial charge on any atom is -0.352 e. The number of hydrogen-bond donors (Lipinski definition) is 1. The van der Waals surface area contributed by atoms with Crippen LogP contribution in [0, 0.1) is 5.92 Å². The van der Waals surface area contributed by atoms with Crippen molar-refractivity contribution in [1.29, 1.82) is 0 Å². The molecule has 1 N–H and O–H groups in total. The minimum absolute atomic E-state index is 0.0841. The molecule has 2 heterocycles. The Morgan fingerprint density at radius 1 is 1.15 bits per heavy atom. The fourth-order valence-corrected chi connectivity index (χ4v) is 3.35. The Morgan fingerprint density at radius 2 is 1.81 bits per heavy atom. The highest BCUT2D eigenvalue weighted by Crippen LogP contribution is 2.25. The van der Waals surface area contributed by atoms with Crippen molar-refractivity contribution >= 4 is 11.8 Å². The summed E-state index contributed by atoms with van der Waals surface area (Å²) >= 11 is 0. The molecule has 2 aromatic rings. The lowest BCUT2D eigenvalue weighted by atomic mass is 10.1. The van der Waals surface area contributed by atoms with Crippen LogP contribution in [-0.2, 0) is 11.3 Å². The number of rotatable bonds is 5. The third kappa shape index (κ3) is 4.34. The number of nitrogens with zero attached hydrogens (tertiary/aromatic N) is 2. The average Bonchev–Trinajstić information content (AvgIpc) is 3.22. The van der Waals surface area contributed by atoms with Gasteiger partial charge in [-0.2, -0.15) is 0 Å². The molecule has 0 aliphatic carbocycles. The van der Waals surface area contributed by atoms with E-state index in [1.807, 2.05) is 74.5 Å². The number of aromatic nitrogens is 1. The van der Waals surface area contributed by atoms with E-state index < -0.39 is 0 Å². The standard InChI is InChI=1S/C21H27N3O2/c1-21(2,3)24-15-17(12-19(24)25)13-22-20(26)18-8-6-16(7-9-18)14-23-10-4-5-11-23/h4-11,17H,12-15H2,1-3H3,(H,22,26). The van der Waals surface area contributed by atoms with Crippen molar-refractivity contribution in [3.63, 3.8) is 0 Å². The molecule has 3 rings (SSSR count). The van der Waals surface area contributed by atoms with Gasteiger partial charge >= 0.3 is 0 Å². The SMILES string of the molecule is CC(C)(C)N1CC(CNC(=O)c2ccc(Cn3cccc3)cc2)CC1=O. The van der Waals surface area contributed by atoms with Crippen LogP contribution >= 0.6 is 0 Å². The molecule has 1 atom stereocenters. The van der Waals surface area contributed by atoms with Gasteiger partial charge in [-0.1, -0.05) is 12.1 Å². The van der Waals surface area contributed by atoms with E-state index >= 15 is 0 Å². The van der Waals surface area contributed by atoms with E-state index in [9.17, 15) is 9.59 Å². The summed E-state index contributed by atoms with van der Waals surface area (Å²) in [5.41, 5.74) is 1.64. The van der Waals surface area contributed by atoms with Gasteiger partial charge in [-0.25, -0.2) is 0 Å². The summed E-state index contributed by atoms with van der Waals surface area (Å²) in [6.45, 7) is 8.16. The van der Waals surface area contributed by atoms with Crippen LogP contribution < -0.4 is 5.32 Å². The molecule has 0 saturated carbocycles. The Bertz CT molecular complexity index is 758. The van der Waals surface area contributed by atoms with Crippen LogP contribution in [0.2, 0.25) is 0 Å². The molecule has 26 heavy (non-hydrogen) atoms. The molecule has 0 bridgehead atoms. The van der Waals surface area contributed by atoms with Crippen LogP contribution in [0.5, 0.6) is 0 Å². The molecule has 1 aliphatic rings. The molecule has 1 unspecified atom stereocenters. The number of carbonyl (C=O) groups excluding carboxylic acids is 2. The third-order valence-corrected chi connectivity index (χ3v) is 4.81. The Hall–Kier alpha value is -2.56. The number of benzene rings is 1. The van der Waals surface area contributed by atoms with Crippen molar-refractivity contribution in [2.24, 2.45) is 5.92 Å². The first kappa shape index (κ1) is 18.2. The third-order valence-electron chi connectivity index (χ3n) is 4.81. The van der Waals surface area contributed by atoms with Crippen molar-refractivity contribution in [3.05, 3.63) is 59.9 Å². The van der Waals surface area contributed by atoms with E-state index in [2.05, 4.69) is 9.88 Å². The summed E-state index contributed by atoms with van der Waals surface area (Å²) in [5, 5.41) is 2.98. The molecule has 1 fully saturated rings. The maximum absolute atomic E-state index is 12.4. The Kier molecular flexibility index (Phi) is 5.16. The van der Waals surface area contributed by atoms with Gasteiger partial charge in [0.05, 0.1) is 0 Å². The lowest BCUT2D eigenvalue weighted by Gasteiger charge is -2.32. The highest BCUT2D eigenvalue weighted by atomic mass is 16.2. The van der Waals surface area contributed by atoms with Gasteiger partial charge in [0.15, 0.2) is 0 Å². The van der Waals surface area contributed by atoms with Gasteiger partial charge in [-0.05, 0) is 50.6 Å². The van der Waals surface area contributed by atoms with Crippen LogP contribution in [0.4, 0.5) is 0 Å². The maximum Gasteiger partial charge on any atom is 0.251 e. The van der Waals surface area contributed by atoms with E-state index in [1.165, 1.54) is 0 Å². The van der Waals surface area contributed by atoms with Crippen LogP contribution in [0.15, 0.2) is 48.8 Å². The normalized spacial score (nSPS) is 17.6. The van der Waals surface area contributed by atoms with Crippen LogP contribution in [0.1, 0.15) is 43.1 Å². The Morgan fingerprint density at radius 3 is 2.38 bits per heavy atom. The van der Waals surface area contributed by atoms with Gasteiger partial charge < -0.3 is 14.8 Å². The maximum atomic E-state index is 12.4. The predicted octanol–water partition coefficient (Wildman–Crippen LogP) is 2.91. The summed E-state index contributed by atoms with van der Waals surface area (Å²) in [5.74, 6) is 0.268. The van der Waals surface area contributed by atoms with Gasteiger partial charge in [-0.3, -0.25) is 9.59 Å². The van der Waals surface area contributed by atoms with E-state index in [0.29, 0.717) is 25.1 Å². The molecule has 2 amide bonds. The van der Waals surface area contributed by atoms with Gasteiger partial charge in [0.2, 0.25) is 5.91 Å². The van der Waals surface area contributed by atoms with Gasteiger partial charge in [0.1, 0.15) is 0 Å². The van der Waals surface area contributed by atoms with Crippen LogP contribution in [0.25, 0.3) is 0 Å². The second-order valence-corrected chi connectivity index (χ2v) is 8.01. The summed E-state index contributed by atoms with van der Waals surface area (Å²) < 4.78 is 2.09. The number of hydrogen-bond acceptors (Lipinski definition) is 2.